The van der Waals surface area contributed by atoms with E-state index in [9.17, 15) is 0 Å². The van der Waals surface area contributed by atoms with E-state index in [1.54, 1.807) is 6.33 Å². The summed E-state index contributed by atoms with van der Waals surface area (Å²) < 4.78 is 12.5. The molecule has 3 aromatic heterocycles. The number of furan rings is 2. The van der Waals surface area contributed by atoms with E-state index >= 15 is 0 Å². The first kappa shape index (κ1) is 17.2. The van der Waals surface area contributed by atoms with E-state index in [0.29, 0.717) is 0 Å². The lowest BCUT2D eigenvalue weighted by Gasteiger charge is -2.17. The Labute approximate surface area is 173 Å². The molecule has 0 amide bonds. The minimum Gasteiger partial charge on any atom is -0.456 e. The summed E-state index contributed by atoms with van der Waals surface area (Å²) in [5, 5.41) is 4.26. The summed E-state index contributed by atoms with van der Waals surface area (Å²) in [5.74, 6) is 0. The topological polar surface area (TPSA) is 52.1 Å². The molecule has 4 heteroatoms. The van der Waals surface area contributed by atoms with Crippen LogP contribution in [0.5, 0.6) is 0 Å². The van der Waals surface area contributed by atoms with E-state index in [0.717, 1.165) is 60.8 Å². The van der Waals surface area contributed by atoms with Crippen molar-refractivity contribution in [2.24, 2.45) is 0 Å². The fraction of sp³-hybridized carbons (Fsp3) is 0.154. The minimum absolute atomic E-state index is 0.0506. The van der Waals surface area contributed by atoms with E-state index in [-0.39, 0.29) is 5.41 Å². The van der Waals surface area contributed by atoms with Crippen molar-refractivity contribution in [3.8, 4) is 11.3 Å². The van der Waals surface area contributed by atoms with Crippen LogP contribution in [0, 0.1) is 0 Å². The highest BCUT2D eigenvalue weighted by molar-refractivity contribution is 6.16. The van der Waals surface area contributed by atoms with Gasteiger partial charge in [0.2, 0.25) is 0 Å². The third-order valence-corrected chi connectivity index (χ3v) is 5.71. The highest BCUT2D eigenvalue weighted by Gasteiger charge is 2.19. The smallest absolute Gasteiger partial charge is 0.144 e. The van der Waals surface area contributed by atoms with Crippen LogP contribution < -0.4 is 0 Å². The van der Waals surface area contributed by atoms with Gasteiger partial charge in [-0.25, -0.2) is 9.97 Å². The van der Waals surface area contributed by atoms with E-state index in [4.69, 9.17) is 8.83 Å². The van der Waals surface area contributed by atoms with E-state index in [2.05, 4.69) is 67.1 Å². The lowest BCUT2D eigenvalue weighted by molar-refractivity contribution is 0.567. The lowest BCUT2D eigenvalue weighted by atomic mass is 9.91. The third kappa shape index (κ3) is 2.47. The number of fused-ring (bicyclic) bond motifs is 6. The molecule has 0 spiro atoms. The summed E-state index contributed by atoms with van der Waals surface area (Å²) in [6, 6.07) is 20.5. The molecule has 0 aliphatic rings. The van der Waals surface area contributed by atoms with Gasteiger partial charge in [-0.2, -0.15) is 0 Å². The van der Waals surface area contributed by atoms with Gasteiger partial charge in [0, 0.05) is 38.2 Å². The van der Waals surface area contributed by atoms with Crippen molar-refractivity contribution in [3.05, 3.63) is 72.7 Å². The zero-order valence-corrected chi connectivity index (χ0v) is 17.1. The van der Waals surface area contributed by atoms with Crippen LogP contribution in [0.1, 0.15) is 26.5 Å². The number of aromatic nitrogens is 2. The van der Waals surface area contributed by atoms with E-state index in [1.807, 2.05) is 24.3 Å². The third-order valence-electron chi connectivity index (χ3n) is 5.71. The Hall–Kier alpha value is -3.66. The number of rotatable bonds is 1. The Morgan fingerprint density at radius 1 is 0.667 bits per heavy atom. The standard InChI is InChI=1S/C26H20N2O2/c1-26(2,3)24-13-20(27-14-28-24)17-9-6-8-16-19-12-22-18(11-23(19)30-25(16)17)15-7-4-5-10-21(15)29-22/h4-14H,1-3H3. The SMILES string of the molecule is CC(C)(C)c1cc(-c2cccc3c2oc2cc4c(cc23)oc2ccccc24)ncn1. The molecule has 6 aromatic rings. The summed E-state index contributed by atoms with van der Waals surface area (Å²) in [7, 11) is 0. The summed E-state index contributed by atoms with van der Waals surface area (Å²) in [6.07, 6.45) is 1.64. The van der Waals surface area contributed by atoms with E-state index < -0.39 is 0 Å². The van der Waals surface area contributed by atoms with Gasteiger partial charge in [-0.3, -0.25) is 0 Å². The molecule has 3 heterocycles. The van der Waals surface area contributed by atoms with Crippen LogP contribution in [0.3, 0.4) is 0 Å². The maximum absolute atomic E-state index is 6.39. The Morgan fingerprint density at radius 2 is 1.40 bits per heavy atom. The van der Waals surface area contributed by atoms with Gasteiger partial charge in [-0.15, -0.1) is 0 Å². The molecule has 3 aromatic carbocycles. The molecule has 6 rings (SSSR count). The number of hydrogen-bond donors (Lipinski definition) is 0. The van der Waals surface area contributed by atoms with Gasteiger partial charge < -0.3 is 8.83 Å². The minimum atomic E-state index is -0.0506. The molecule has 0 fully saturated rings. The lowest BCUT2D eigenvalue weighted by Crippen LogP contribution is -2.13. The van der Waals surface area contributed by atoms with Crippen molar-refractivity contribution < 1.29 is 8.83 Å². The van der Waals surface area contributed by atoms with Crippen LogP contribution in [-0.4, -0.2) is 9.97 Å². The van der Waals surface area contributed by atoms with Crippen molar-refractivity contribution >= 4 is 43.9 Å². The molecule has 0 bridgehead atoms. The van der Waals surface area contributed by atoms with Crippen molar-refractivity contribution in [2.45, 2.75) is 26.2 Å². The maximum Gasteiger partial charge on any atom is 0.144 e. The van der Waals surface area contributed by atoms with Gasteiger partial charge in [0.25, 0.3) is 0 Å². The average molecular weight is 392 g/mol. The molecule has 0 saturated heterocycles. The molecule has 0 unspecified atom stereocenters. The van der Waals surface area contributed by atoms with Crippen molar-refractivity contribution in [1.82, 2.24) is 9.97 Å². The Bertz CT molecular complexity index is 1580. The molecule has 30 heavy (non-hydrogen) atoms. The van der Waals surface area contributed by atoms with Crippen LogP contribution in [-0.2, 0) is 5.41 Å². The van der Waals surface area contributed by atoms with Gasteiger partial charge in [0.05, 0.1) is 5.69 Å². The van der Waals surface area contributed by atoms with Gasteiger partial charge in [-0.05, 0) is 30.3 Å². The normalized spacial score (nSPS) is 12.5. The summed E-state index contributed by atoms with van der Waals surface area (Å²) in [5.41, 5.74) is 6.24. The largest absolute Gasteiger partial charge is 0.456 e. The molecule has 146 valence electrons. The van der Waals surface area contributed by atoms with Gasteiger partial charge in [-0.1, -0.05) is 51.1 Å². The van der Waals surface area contributed by atoms with Crippen LogP contribution >= 0.6 is 0 Å². The molecule has 0 atom stereocenters. The number of nitrogens with zero attached hydrogens (tertiary/aromatic N) is 2. The first-order valence-corrected chi connectivity index (χ1v) is 10.1. The molecule has 0 aliphatic heterocycles. The van der Waals surface area contributed by atoms with Crippen LogP contribution in [0.4, 0.5) is 0 Å². The monoisotopic (exact) mass is 392 g/mol. The van der Waals surface area contributed by atoms with Crippen molar-refractivity contribution in [2.75, 3.05) is 0 Å². The Balaban J connectivity index is 1.64. The highest BCUT2D eigenvalue weighted by Crippen LogP contribution is 2.39. The molecule has 0 N–H and O–H groups in total. The Kier molecular flexibility index (Phi) is 3.40. The fourth-order valence-electron chi connectivity index (χ4n) is 4.13. The van der Waals surface area contributed by atoms with Crippen LogP contribution in [0.2, 0.25) is 0 Å². The summed E-state index contributed by atoms with van der Waals surface area (Å²) in [4.78, 5) is 9.00. The summed E-state index contributed by atoms with van der Waals surface area (Å²) in [6.45, 7) is 6.46. The first-order chi connectivity index (χ1) is 14.5. The second-order valence-corrected chi connectivity index (χ2v) is 8.77. The fourth-order valence-corrected chi connectivity index (χ4v) is 4.13. The van der Waals surface area contributed by atoms with Gasteiger partial charge in [0.1, 0.15) is 28.7 Å². The zero-order chi connectivity index (χ0) is 20.5. The van der Waals surface area contributed by atoms with Crippen molar-refractivity contribution in [1.29, 1.82) is 0 Å². The number of para-hydroxylation sites is 2. The zero-order valence-electron chi connectivity index (χ0n) is 17.1. The van der Waals surface area contributed by atoms with Crippen LogP contribution in [0.25, 0.3) is 55.1 Å². The second kappa shape index (κ2) is 5.92. The average Bonchev–Trinajstić information content (AvgIpc) is 3.29. The molecule has 0 radical (unpaired) electrons. The molecular formula is C26H20N2O2. The molecular weight excluding hydrogens is 372 g/mol. The summed E-state index contributed by atoms with van der Waals surface area (Å²) >= 11 is 0. The highest BCUT2D eigenvalue weighted by atomic mass is 16.3. The van der Waals surface area contributed by atoms with Gasteiger partial charge >= 0.3 is 0 Å². The molecule has 0 aliphatic carbocycles. The first-order valence-electron chi connectivity index (χ1n) is 10.1. The van der Waals surface area contributed by atoms with Crippen molar-refractivity contribution in [3.63, 3.8) is 0 Å². The molecule has 4 nitrogen and oxygen atoms in total. The van der Waals surface area contributed by atoms with E-state index in [1.165, 1.54) is 0 Å². The predicted molar refractivity (Wildman–Crippen MR) is 121 cm³/mol. The number of hydrogen-bond acceptors (Lipinski definition) is 4. The van der Waals surface area contributed by atoms with Crippen LogP contribution in [0.15, 0.2) is 75.8 Å². The quantitative estimate of drug-likeness (QED) is 0.296. The predicted octanol–water partition coefficient (Wildman–Crippen LogP) is 7.24. The van der Waals surface area contributed by atoms with Gasteiger partial charge in [0.15, 0.2) is 0 Å². The Morgan fingerprint density at radius 3 is 2.23 bits per heavy atom. The maximum atomic E-state index is 6.39. The number of benzene rings is 3. The molecule has 0 saturated carbocycles. The second-order valence-electron chi connectivity index (χ2n) is 8.77.